The Morgan fingerprint density at radius 1 is 1.39 bits per heavy atom. The molecule has 1 heterocycles. The van der Waals surface area contributed by atoms with Crippen LogP contribution >= 0.6 is 34.2 Å². The summed E-state index contributed by atoms with van der Waals surface area (Å²) in [6, 6.07) is 7.36. The molecule has 1 fully saturated rings. The maximum atomic E-state index is 6.35. The zero-order valence-corrected chi connectivity index (χ0v) is 14.0. The molecule has 3 unspecified atom stereocenters. The Bertz CT molecular complexity index is 424. The van der Waals surface area contributed by atoms with Gasteiger partial charge >= 0.3 is 0 Å². The molecule has 1 aromatic carbocycles. The number of hydrogen-bond acceptors (Lipinski definition) is 2. The molecule has 0 bridgehead atoms. The molecule has 3 atom stereocenters. The van der Waals surface area contributed by atoms with E-state index in [-0.39, 0.29) is 0 Å². The summed E-state index contributed by atoms with van der Waals surface area (Å²) in [5.74, 6) is 0.623. The summed E-state index contributed by atoms with van der Waals surface area (Å²) in [6.45, 7) is 5.68. The number of piperidine rings is 1. The van der Waals surface area contributed by atoms with Gasteiger partial charge in [-0.1, -0.05) is 18.5 Å². The van der Waals surface area contributed by atoms with Crippen molar-refractivity contribution in [1.29, 1.82) is 0 Å². The number of benzene rings is 1. The Labute approximate surface area is 128 Å². The number of hydrogen-bond donors (Lipinski definition) is 1. The van der Waals surface area contributed by atoms with E-state index < -0.39 is 0 Å². The zero-order valence-electron chi connectivity index (χ0n) is 11.1. The van der Waals surface area contributed by atoms with Crippen molar-refractivity contribution in [2.24, 2.45) is 5.92 Å². The van der Waals surface area contributed by atoms with Gasteiger partial charge in [0.1, 0.15) is 0 Å². The number of nitrogens with zero attached hydrogens (tertiary/aromatic N) is 1. The maximum absolute atomic E-state index is 6.35. The molecule has 100 valence electrons. The second kappa shape index (κ2) is 5.97. The van der Waals surface area contributed by atoms with E-state index in [0.29, 0.717) is 18.0 Å². The highest BCUT2D eigenvalue weighted by molar-refractivity contribution is 14.1. The standard InChI is InChI=1S/C14H20ClIN2/c1-9-10(2)18(7-6-13(9)17-3)14-8-11(16)4-5-12(14)15/h4-5,8-10,13,17H,6-7H2,1-3H3. The monoisotopic (exact) mass is 378 g/mol. The first kappa shape index (κ1) is 14.4. The lowest BCUT2D eigenvalue weighted by atomic mass is 9.87. The van der Waals surface area contributed by atoms with E-state index in [4.69, 9.17) is 11.6 Å². The molecule has 1 saturated heterocycles. The summed E-state index contributed by atoms with van der Waals surface area (Å²) in [5.41, 5.74) is 1.18. The van der Waals surface area contributed by atoms with Crippen molar-refractivity contribution in [3.05, 3.63) is 26.8 Å². The van der Waals surface area contributed by atoms with Gasteiger partial charge in [0, 0.05) is 22.2 Å². The van der Waals surface area contributed by atoms with Crippen molar-refractivity contribution in [2.75, 3.05) is 18.5 Å². The van der Waals surface area contributed by atoms with Crippen molar-refractivity contribution >= 4 is 39.9 Å². The van der Waals surface area contributed by atoms with Crippen LogP contribution in [0.5, 0.6) is 0 Å². The van der Waals surface area contributed by atoms with Crippen LogP contribution in [0.25, 0.3) is 0 Å². The zero-order chi connectivity index (χ0) is 13.3. The highest BCUT2D eigenvalue weighted by Gasteiger charge is 2.32. The van der Waals surface area contributed by atoms with Crippen LogP contribution in [0.15, 0.2) is 18.2 Å². The van der Waals surface area contributed by atoms with Crippen LogP contribution < -0.4 is 10.2 Å². The normalized spacial score (nSPS) is 28.5. The molecule has 1 aliphatic heterocycles. The summed E-state index contributed by atoms with van der Waals surface area (Å²) in [7, 11) is 2.06. The first-order chi connectivity index (χ1) is 8.54. The van der Waals surface area contributed by atoms with E-state index in [1.165, 1.54) is 15.7 Å². The summed E-state index contributed by atoms with van der Waals surface area (Å²) in [5, 5.41) is 4.28. The fourth-order valence-electron chi connectivity index (χ4n) is 2.82. The van der Waals surface area contributed by atoms with Crippen LogP contribution in [-0.2, 0) is 0 Å². The molecule has 1 N–H and O–H groups in total. The minimum atomic E-state index is 0.506. The van der Waals surface area contributed by atoms with Gasteiger partial charge in [0.2, 0.25) is 0 Å². The van der Waals surface area contributed by atoms with Gasteiger partial charge in [-0.2, -0.15) is 0 Å². The van der Waals surface area contributed by atoms with Gasteiger partial charge in [-0.3, -0.25) is 0 Å². The summed E-state index contributed by atoms with van der Waals surface area (Å²) >= 11 is 8.70. The van der Waals surface area contributed by atoms with Crippen LogP contribution in [0.2, 0.25) is 5.02 Å². The molecule has 0 spiro atoms. The molecule has 4 heteroatoms. The van der Waals surface area contributed by atoms with E-state index in [9.17, 15) is 0 Å². The van der Waals surface area contributed by atoms with Crippen LogP contribution in [0.4, 0.5) is 5.69 Å². The van der Waals surface area contributed by atoms with Crippen LogP contribution in [0.1, 0.15) is 20.3 Å². The van der Waals surface area contributed by atoms with Crippen LogP contribution in [0, 0.1) is 9.49 Å². The predicted octanol–water partition coefficient (Wildman–Crippen LogP) is 3.77. The molecular formula is C14H20ClIN2. The third-order valence-electron chi connectivity index (χ3n) is 4.16. The summed E-state index contributed by atoms with van der Waals surface area (Å²) in [6.07, 6.45) is 1.17. The highest BCUT2D eigenvalue weighted by atomic mass is 127. The third kappa shape index (κ3) is 2.78. The SMILES string of the molecule is CNC1CCN(c2cc(I)ccc2Cl)C(C)C1C. The highest BCUT2D eigenvalue weighted by Crippen LogP contribution is 2.34. The van der Waals surface area contributed by atoms with E-state index >= 15 is 0 Å². The predicted molar refractivity (Wildman–Crippen MR) is 87.6 cm³/mol. The average molecular weight is 379 g/mol. The van der Waals surface area contributed by atoms with E-state index in [2.05, 4.69) is 65.8 Å². The van der Waals surface area contributed by atoms with Crippen molar-refractivity contribution in [3.63, 3.8) is 0 Å². The van der Waals surface area contributed by atoms with Crippen LogP contribution in [-0.4, -0.2) is 25.7 Å². The van der Waals surface area contributed by atoms with Crippen molar-refractivity contribution in [1.82, 2.24) is 5.32 Å². The first-order valence-corrected chi connectivity index (χ1v) is 7.89. The average Bonchev–Trinajstić information content (AvgIpc) is 2.36. The maximum Gasteiger partial charge on any atom is 0.0640 e. The molecule has 2 rings (SSSR count). The number of anilines is 1. The van der Waals surface area contributed by atoms with Gasteiger partial charge in [0.25, 0.3) is 0 Å². The lowest BCUT2D eigenvalue weighted by molar-refractivity contribution is 0.283. The third-order valence-corrected chi connectivity index (χ3v) is 5.15. The quantitative estimate of drug-likeness (QED) is 0.788. The van der Waals surface area contributed by atoms with E-state index in [0.717, 1.165) is 11.6 Å². The first-order valence-electron chi connectivity index (χ1n) is 6.43. The fraction of sp³-hybridized carbons (Fsp3) is 0.571. The van der Waals surface area contributed by atoms with Gasteiger partial charge < -0.3 is 10.2 Å². The second-order valence-electron chi connectivity index (χ2n) is 5.07. The molecule has 1 aromatic rings. The molecular weight excluding hydrogens is 359 g/mol. The lowest BCUT2D eigenvalue weighted by Gasteiger charge is -2.44. The van der Waals surface area contributed by atoms with Crippen molar-refractivity contribution in [3.8, 4) is 0 Å². The van der Waals surface area contributed by atoms with Crippen molar-refractivity contribution < 1.29 is 0 Å². The second-order valence-corrected chi connectivity index (χ2v) is 6.73. The van der Waals surface area contributed by atoms with Gasteiger partial charge in [-0.05, 0) is 67.1 Å². The van der Waals surface area contributed by atoms with Gasteiger partial charge in [-0.15, -0.1) is 0 Å². The molecule has 0 aromatic heterocycles. The minimum absolute atomic E-state index is 0.506. The smallest absolute Gasteiger partial charge is 0.0640 e. The van der Waals surface area contributed by atoms with Crippen LogP contribution in [0.3, 0.4) is 0 Å². The summed E-state index contributed by atoms with van der Waals surface area (Å²) < 4.78 is 1.24. The largest absolute Gasteiger partial charge is 0.367 e. The molecule has 2 nitrogen and oxygen atoms in total. The fourth-order valence-corrected chi connectivity index (χ4v) is 3.52. The molecule has 0 aliphatic carbocycles. The Balaban J connectivity index is 2.26. The molecule has 0 radical (unpaired) electrons. The molecule has 18 heavy (non-hydrogen) atoms. The Morgan fingerprint density at radius 2 is 2.11 bits per heavy atom. The Hall–Kier alpha value is -0.0000000000000000555. The molecule has 1 aliphatic rings. The topological polar surface area (TPSA) is 15.3 Å². The van der Waals surface area contributed by atoms with Crippen molar-refractivity contribution in [2.45, 2.75) is 32.4 Å². The Kier molecular flexibility index (Phi) is 4.78. The summed E-state index contributed by atoms with van der Waals surface area (Å²) in [4.78, 5) is 2.45. The van der Waals surface area contributed by atoms with E-state index in [1.807, 2.05) is 6.07 Å². The molecule has 0 saturated carbocycles. The van der Waals surface area contributed by atoms with E-state index in [1.54, 1.807) is 0 Å². The number of halogens is 2. The molecule has 0 amide bonds. The Morgan fingerprint density at radius 3 is 2.78 bits per heavy atom. The number of rotatable bonds is 2. The number of nitrogens with one attached hydrogen (secondary N) is 1. The van der Waals surface area contributed by atoms with Gasteiger partial charge in [-0.25, -0.2) is 0 Å². The lowest BCUT2D eigenvalue weighted by Crippen LogP contribution is -2.52. The van der Waals surface area contributed by atoms with Gasteiger partial charge in [0.15, 0.2) is 0 Å². The van der Waals surface area contributed by atoms with Gasteiger partial charge in [0.05, 0.1) is 10.7 Å². The minimum Gasteiger partial charge on any atom is -0.367 e.